The first-order chi connectivity index (χ1) is 18.8. The van der Waals surface area contributed by atoms with Crippen molar-refractivity contribution >= 4 is 32.8 Å². The van der Waals surface area contributed by atoms with E-state index in [4.69, 9.17) is 18.3 Å². The van der Waals surface area contributed by atoms with Crippen molar-refractivity contribution in [1.29, 1.82) is 0 Å². The van der Waals surface area contributed by atoms with Crippen LogP contribution in [-0.4, -0.2) is 53.1 Å². The van der Waals surface area contributed by atoms with Crippen molar-refractivity contribution in [2.24, 2.45) is 5.92 Å². The van der Waals surface area contributed by atoms with Gasteiger partial charge in [-0.15, -0.1) is 0 Å². The van der Waals surface area contributed by atoms with Crippen LogP contribution in [0.5, 0.6) is 0 Å². The lowest BCUT2D eigenvalue weighted by atomic mass is 9.92. The molecule has 7 heteroatoms. The van der Waals surface area contributed by atoms with E-state index in [-0.39, 0.29) is 40.1 Å². The minimum atomic E-state index is -2.78. The van der Waals surface area contributed by atoms with E-state index in [1.807, 2.05) is 13.8 Å². The van der Waals surface area contributed by atoms with Crippen molar-refractivity contribution in [3.63, 3.8) is 0 Å². The van der Waals surface area contributed by atoms with Gasteiger partial charge in [0.2, 0.25) is 0 Å². The molecule has 2 aromatic carbocycles. The van der Waals surface area contributed by atoms with Crippen LogP contribution in [0.2, 0.25) is 23.2 Å². The van der Waals surface area contributed by atoms with Crippen LogP contribution in [0.25, 0.3) is 0 Å². The van der Waals surface area contributed by atoms with Crippen molar-refractivity contribution in [2.45, 2.75) is 123 Å². The van der Waals surface area contributed by atoms with Gasteiger partial charge in [-0.2, -0.15) is 0 Å². The maximum atomic E-state index is 12.3. The summed E-state index contributed by atoms with van der Waals surface area (Å²) in [5.74, 6) is -0.672. The molecule has 1 saturated heterocycles. The van der Waals surface area contributed by atoms with Gasteiger partial charge in [0.1, 0.15) is 18.0 Å². The highest BCUT2D eigenvalue weighted by Gasteiger charge is 2.54. The summed E-state index contributed by atoms with van der Waals surface area (Å²) in [5.41, 5.74) is 0. The summed E-state index contributed by atoms with van der Waals surface area (Å²) in [5, 5.41) is 2.32. The second-order valence-corrected chi connectivity index (χ2v) is 23.9. The van der Waals surface area contributed by atoms with Crippen molar-refractivity contribution in [1.82, 2.24) is 0 Å². The van der Waals surface area contributed by atoms with E-state index in [0.29, 0.717) is 13.0 Å². The van der Waals surface area contributed by atoms with E-state index in [1.165, 1.54) is 10.4 Å². The third kappa shape index (κ3) is 7.67. The zero-order chi connectivity index (χ0) is 30.9. The highest BCUT2D eigenvalue weighted by molar-refractivity contribution is 6.99. The Morgan fingerprint density at radius 1 is 0.878 bits per heavy atom. The predicted molar refractivity (Wildman–Crippen MR) is 174 cm³/mol. The molecular weight excluding hydrogens is 545 g/mol. The van der Waals surface area contributed by atoms with Crippen LogP contribution in [0.1, 0.15) is 75.7 Å². The monoisotopic (exact) mass is 598 g/mol. The number of carbonyl (C=O) groups is 1. The molecule has 3 rings (SSSR count). The van der Waals surface area contributed by atoms with Crippen molar-refractivity contribution < 1.29 is 23.1 Å². The van der Waals surface area contributed by atoms with Gasteiger partial charge in [0.05, 0.1) is 12.7 Å². The van der Waals surface area contributed by atoms with E-state index in [0.717, 1.165) is 0 Å². The second-order valence-electron chi connectivity index (χ2n) is 14.8. The first-order valence-electron chi connectivity index (χ1n) is 15.1. The summed E-state index contributed by atoms with van der Waals surface area (Å²) in [7, 11) is -4.98. The molecule has 2 aromatic rings. The fraction of sp³-hybridized carbons (Fsp3) is 0.618. The highest BCUT2D eigenvalue weighted by Crippen LogP contribution is 2.43. The Hall–Kier alpha value is -1.62. The minimum absolute atomic E-state index is 0.0110. The van der Waals surface area contributed by atoms with Crippen LogP contribution in [-0.2, 0) is 23.1 Å². The molecule has 5 nitrogen and oxygen atoms in total. The zero-order valence-electron chi connectivity index (χ0n) is 27.5. The first kappa shape index (κ1) is 33.9. The number of ether oxygens (including phenoxy) is 2. The second kappa shape index (κ2) is 12.5. The average molecular weight is 599 g/mol. The fourth-order valence-electron chi connectivity index (χ4n) is 5.83. The number of hydrogen-bond acceptors (Lipinski definition) is 5. The van der Waals surface area contributed by atoms with E-state index in [9.17, 15) is 4.79 Å². The average Bonchev–Trinajstić information content (AvgIpc) is 3.16. The number of carbonyl (C=O) groups excluding carboxylic acids is 1. The fourth-order valence-corrected chi connectivity index (χ4v) is 11.8. The Balaban J connectivity index is 2.07. The Morgan fingerprint density at radius 2 is 1.37 bits per heavy atom. The molecule has 1 aliphatic rings. The van der Waals surface area contributed by atoms with E-state index in [2.05, 4.69) is 122 Å². The molecule has 0 bridgehead atoms. The molecule has 0 unspecified atom stereocenters. The predicted octanol–water partition coefficient (Wildman–Crippen LogP) is 7.09. The van der Waals surface area contributed by atoms with Gasteiger partial charge in [-0.3, -0.25) is 0 Å². The van der Waals surface area contributed by atoms with Crippen molar-refractivity contribution in [2.75, 3.05) is 6.61 Å². The Morgan fingerprint density at radius 3 is 1.78 bits per heavy atom. The number of benzene rings is 2. The molecule has 0 N–H and O–H groups in total. The van der Waals surface area contributed by atoms with E-state index < -0.39 is 22.4 Å². The quantitative estimate of drug-likeness (QED) is 0.259. The summed E-state index contributed by atoms with van der Waals surface area (Å²) in [4.78, 5) is 12.3. The zero-order valence-corrected chi connectivity index (χ0v) is 29.5. The molecule has 4 atom stereocenters. The van der Waals surface area contributed by atoms with Crippen LogP contribution in [0.15, 0.2) is 60.7 Å². The van der Waals surface area contributed by atoms with Crippen LogP contribution in [0.4, 0.5) is 0 Å². The van der Waals surface area contributed by atoms with Gasteiger partial charge < -0.3 is 23.1 Å². The summed E-state index contributed by atoms with van der Waals surface area (Å²) in [6, 6.07) is 21.3. The molecule has 1 fully saturated rings. The first-order valence-corrected chi connectivity index (χ1v) is 19.9. The molecule has 0 radical (unpaired) electrons. The van der Waals surface area contributed by atoms with Gasteiger partial charge >= 0.3 is 0 Å². The number of rotatable bonds is 11. The lowest BCUT2D eigenvalue weighted by Gasteiger charge is -2.45. The van der Waals surface area contributed by atoms with E-state index in [1.54, 1.807) is 6.92 Å². The summed E-state index contributed by atoms with van der Waals surface area (Å²) in [6.07, 6.45) is -0.584. The number of Topliss-reactive ketones (excluding diaryl/α,β-unsaturated/α-hetero) is 1. The van der Waals surface area contributed by atoms with Crippen LogP contribution >= 0.6 is 0 Å². The SMILES string of the molecule is CC(=O)C[C@@H](C)[C@@H](O[Si](C)(C)C(C)(C)C)[C@H]1OC(C)(C)O[C@H]1CO[Si](c1ccccc1)(c1ccccc1)C(C)(C)C. The van der Waals surface area contributed by atoms with Crippen molar-refractivity contribution in [3.05, 3.63) is 60.7 Å². The minimum Gasteiger partial charge on any atom is -0.411 e. The molecule has 1 aliphatic heterocycles. The number of ketones is 1. The topological polar surface area (TPSA) is 54.0 Å². The maximum absolute atomic E-state index is 12.3. The lowest BCUT2D eigenvalue weighted by Crippen LogP contribution is -2.67. The van der Waals surface area contributed by atoms with Gasteiger partial charge in [0, 0.05) is 6.42 Å². The number of hydrogen-bond donors (Lipinski definition) is 0. The van der Waals surface area contributed by atoms with Gasteiger partial charge in [-0.05, 0) is 60.2 Å². The molecule has 0 spiro atoms. The van der Waals surface area contributed by atoms with Gasteiger partial charge in [-0.25, -0.2) is 0 Å². The largest absolute Gasteiger partial charge is 0.411 e. The molecular formula is C34H54O5Si2. The van der Waals surface area contributed by atoms with Gasteiger partial charge in [0.25, 0.3) is 8.32 Å². The summed E-state index contributed by atoms with van der Waals surface area (Å²) < 4.78 is 27.6. The van der Waals surface area contributed by atoms with Crippen LogP contribution < -0.4 is 10.4 Å². The third-order valence-corrected chi connectivity index (χ3v) is 18.3. The van der Waals surface area contributed by atoms with Gasteiger partial charge in [-0.1, -0.05) is 109 Å². The standard InChI is InChI=1S/C34H54O5Si2/c1-25(23-26(2)35)30(39-40(11,12)32(3,4)5)31-29(37-34(9,10)38-31)24-36-41(33(6,7)8,27-19-15-13-16-20-27)28-21-17-14-18-22-28/h13-22,25,29-31H,23-24H2,1-12H3/t25-,29+,30-,31+/m1/s1. The normalized spacial score (nSPS) is 21.5. The lowest BCUT2D eigenvalue weighted by molar-refractivity contribution is -0.158. The molecule has 228 valence electrons. The molecule has 41 heavy (non-hydrogen) atoms. The van der Waals surface area contributed by atoms with Crippen molar-refractivity contribution in [3.8, 4) is 0 Å². The third-order valence-electron chi connectivity index (χ3n) is 8.83. The molecule has 0 aliphatic carbocycles. The van der Waals surface area contributed by atoms with Crippen LogP contribution in [0, 0.1) is 5.92 Å². The summed E-state index contributed by atoms with van der Waals surface area (Å²) >= 11 is 0. The van der Waals surface area contributed by atoms with E-state index >= 15 is 0 Å². The molecule has 0 aromatic heterocycles. The summed E-state index contributed by atoms with van der Waals surface area (Å²) in [6.45, 7) is 26.1. The Kier molecular flexibility index (Phi) is 10.4. The smallest absolute Gasteiger partial charge is 0.261 e. The van der Waals surface area contributed by atoms with Gasteiger partial charge in [0.15, 0.2) is 14.1 Å². The molecule has 0 amide bonds. The maximum Gasteiger partial charge on any atom is 0.261 e. The molecule has 1 heterocycles. The Labute approximate surface area is 251 Å². The van der Waals surface area contributed by atoms with Crippen LogP contribution in [0.3, 0.4) is 0 Å². The Bertz CT molecular complexity index is 1100. The molecule has 0 saturated carbocycles. The highest BCUT2D eigenvalue weighted by atomic mass is 28.4.